The number of methoxy groups -OCH3 is 1. The minimum atomic E-state index is -3.63. The highest BCUT2D eigenvalue weighted by molar-refractivity contribution is 7.98. The van der Waals surface area contributed by atoms with Crippen LogP contribution in [0.15, 0.2) is 29.2 Å². The number of nitrogens with one attached hydrogen (secondary N) is 1. The number of carbonyl (C=O) groups is 1. The number of sulfonamides is 1. The third-order valence-electron chi connectivity index (χ3n) is 2.96. The number of aryl methyl sites for hydroxylation is 1. The smallest absolute Gasteiger partial charge is 0.307 e. The summed E-state index contributed by atoms with van der Waals surface area (Å²) in [5.41, 5.74) is 0.988. The predicted octanol–water partition coefficient (Wildman–Crippen LogP) is 1.96. The largest absolute Gasteiger partial charge is 0.469 e. The summed E-state index contributed by atoms with van der Waals surface area (Å²) in [7, 11) is -2.33. The quantitative estimate of drug-likeness (QED) is 0.737. The molecular weight excluding hydrogens is 310 g/mol. The van der Waals surface area contributed by atoms with E-state index in [1.54, 1.807) is 36.0 Å². The van der Waals surface area contributed by atoms with E-state index < -0.39 is 22.0 Å². The lowest BCUT2D eigenvalue weighted by atomic mass is 10.2. The number of rotatable bonds is 8. The number of benzene rings is 1. The molecule has 0 spiro atoms. The summed E-state index contributed by atoms with van der Waals surface area (Å²) >= 11 is 1.60. The monoisotopic (exact) mass is 331 g/mol. The van der Waals surface area contributed by atoms with Crippen LogP contribution in [0.4, 0.5) is 0 Å². The van der Waals surface area contributed by atoms with Crippen LogP contribution in [0.1, 0.15) is 18.4 Å². The average molecular weight is 331 g/mol. The third-order valence-corrected chi connectivity index (χ3v) is 5.14. The number of thioether (sulfide) groups is 1. The van der Waals surface area contributed by atoms with Crippen LogP contribution in [0.2, 0.25) is 0 Å². The second-order valence-corrected chi connectivity index (χ2v) is 7.39. The minimum Gasteiger partial charge on any atom is -0.469 e. The van der Waals surface area contributed by atoms with Crippen molar-refractivity contribution in [2.75, 3.05) is 19.1 Å². The highest BCUT2D eigenvalue weighted by atomic mass is 32.2. The molecule has 0 saturated heterocycles. The van der Waals surface area contributed by atoms with E-state index in [0.29, 0.717) is 6.42 Å². The first-order valence-electron chi connectivity index (χ1n) is 6.54. The van der Waals surface area contributed by atoms with Gasteiger partial charge in [-0.05, 0) is 37.5 Å². The van der Waals surface area contributed by atoms with Crippen molar-refractivity contribution >= 4 is 27.8 Å². The van der Waals surface area contributed by atoms with Gasteiger partial charge >= 0.3 is 5.97 Å². The first-order chi connectivity index (χ1) is 9.89. The topological polar surface area (TPSA) is 72.5 Å². The molecule has 21 heavy (non-hydrogen) atoms. The van der Waals surface area contributed by atoms with Gasteiger partial charge in [0.05, 0.1) is 18.4 Å². The van der Waals surface area contributed by atoms with Crippen LogP contribution in [0.3, 0.4) is 0 Å². The molecular formula is C14H21NO4S2. The van der Waals surface area contributed by atoms with E-state index in [1.807, 2.05) is 13.2 Å². The van der Waals surface area contributed by atoms with Crippen LogP contribution < -0.4 is 4.72 Å². The summed E-state index contributed by atoms with van der Waals surface area (Å²) in [5, 5.41) is 0. The minimum absolute atomic E-state index is 0.0299. The Hall–Kier alpha value is -1.05. The third kappa shape index (κ3) is 6.07. The summed E-state index contributed by atoms with van der Waals surface area (Å²) in [4.78, 5) is 11.6. The van der Waals surface area contributed by atoms with Gasteiger partial charge in [0.15, 0.2) is 0 Å². The van der Waals surface area contributed by atoms with E-state index in [0.717, 1.165) is 11.3 Å². The van der Waals surface area contributed by atoms with E-state index in [9.17, 15) is 13.2 Å². The molecule has 0 aliphatic heterocycles. The second-order valence-electron chi connectivity index (χ2n) is 4.69. The van der Waals surface area contributed by atoms with E-state index in [4.69, 9.17) is 0 Å². The van der Waals surface area contributed by atoms with Crippen molar-refractivity contribution in [1.82, 2.24) is 4.72 Å². The maximum atomic E-state index is 12.3. The van der Waals surface area contributed by atoms with Crippen LogP contribution >= 0.6 is 11.8 Å². The van der Waals surface area contributed by atoms with Crippen LogP contribution in [0, 0.1) is 6.92 Å². The van der Waals surface area contributed by atoms with Crippen LogP contribution in [-0.2, 0) is 19.6 Å². The molecule has 0 heterocycles. The van der Waals surface area contributed by atoms with Gasteiger partial charge < -0.3 is 4.74 Å². The first kappa shape index (κ1) is 18.0. The molecule has 1 atom stereocenters. The molecule has 0 aromatic heterocycles. The molecule has 1 aromatic carbocycles. The Kier molecular flexibility index (Phi) is 7.21. The Balaban J connectivity index is 2.84. The first-order valence-corrected chi connectivity index (χ1v) is 9.41. The summed E-state index contributed by atoms with van der Waals surface area (Å²) in [6, 6.07) is 6.14. The van der Waals surface area contributed by atoms with Gasteiger partial charge in [0.1, 0.15) is 0 Å². The molecule has 7 heteroatoms. The van der Waals surface area contributed by atoms with Gasteiger partial charge in [-0.2, -0.15) is 11.8 Å². The fourth-order valence-corrected chi connectivity index (χ4v) is 3.54. The summed E-state index contributed by atoms with van der Waals surface area (Å²) in [6.07, 6.45) is 2.53. The molecule has 0 amide bonds. The van der Waals surface area contributed by atoms with Crippen LogP contribution in [-0.4, -0.2) is 39.5 Å². The van der Waals surface area contributed by atoms with E-state index in [1.165, 1.54) is 7.11 Å². The average Bonchev–Trinajstić information content (AvgIpc) is 2.44. The number of ether oxygens (including phenoxy) is 1. The van der Waals surface area contributed by atoms with Crippen molar-refractivity contribution in [2.45, 2.75) is 30.7 Å². The predicted molar refractivity (Wildman–Crippen MR) is 84.9 cm³/mol. The van der Waals surface area contributed by atoms with Crippen LogP contribution in [0.5, 0.6) is 0 Å². The zero-order valence-electron chi connectivity index (χ0n) is 12.5. The van der Waals surface area contributed by atoms with Gasteiger partial charge in [0.25, 0.3) is 0 Å². The molecule has 0 aliphatic carbocycles. The maximum Gasteiger partial charge on any atom is 0.307 e. The standard InChI is InChI=1S/C14H21NO4S2/c1-11-4-6-13(7-5-11)21(17,18)15-12(8-9-20-3)10-14(16)19-2/h4-7,12,15H,8-10H2,1-3H3. The molecule has 1 N–H and O–H groups in total. The Morgan fingerprint density at radius 3 is 2.48 bits per heavy atom. The van der Waals surface area contributed by atoms with Crippen molar-refractivity contribution in [3.8, 4) is 0 Å². The van der Waals surface area contributed by atoms with Crippen molar-refractivity contribution in [2.24, 2.45) is 0 Å². The molecule has 1 aromatic rings. The van der Waals surface area contributed by atoms with Crippen molar-refractivity contribution < 1.29 is 17.9 Å². The van der Waals surface area contributed by atoms with Crippen molar-refractivity contribution in [3.05, 3.63) is 29.8 Å². The summed E-state index contributed by atoms with van der Waals surface area (Å²) in [6.45, 7) is 1.89. The van der Waals surface area contributed by atoms with E-state index in [-0.39, 0.29) is 11.3 Å². The molecule has 118 valence electrons. The van der Waals surface area contributed by atoms with Gasteiger partial charge in [-0.25, -0.2) is 13.1 Å². The highest BCUT2D eigenvalue weighted by Crippen LogP contribution is 2.13. The Labute approximate surface area is 130 Å². The van der Waals surface area contributed by atoms with E-state index in [2.05, 4.69) is 9.46 Å². The second kappa shape index (κ2) is 8.41. The lowest BCUT2D eigenvalue weighted by Gasteiger charge is -2.17. The number of hydrogen-bond acceptors (Lipinski definition) is 5. The Morgan fingerprint density at radius 2 is 1.95 bits per heavy atom. The number of esters is 1. The lowest BCUT2D eigenvalue weighted by molar-refractivity contribution is -0.141. The van der Waals surface area contributed by atoms with Crippen molar-refractivity contribution in [3.63, 3.8) is 0 Å². The Morgan fingerprint density at radius 1 is 1.33 bits per heavy atom. The maximum absolute atomic E-state index is 12.3. The molecule has 1 rings (SSSR count). The highest BCUT2D eigenvalue weighted by Gasteiger charge is 2.22. The molecule has 5 nitrogen and oxygen atoms in total. The van der Waals surface area contributed by atoms with Gasteiger partial charge in [0, 0.05) is 6.04 Å². The van der Waals surface area contributed by atoms with Gasteiger partial charge in [0.2, 0.25) is 10.0 Å². The van der Waals surface area contributed by atoms with Crippen LogP contribution in [0.25, 0.3) is 0 Å². The zero-order chi connectivity index (χ0) is 15.9. The molecule has 0 bridgehead atoms. The Bertz CT molecular complexity index is 555. The normalized spacial score (nSPS) is 12.9. The number of carbonyl (C=O) groups excluding carboxylic acids is 1. The fraction of sp³-hybridized carbons (Fsp3) is 0.500. The van der Waals surface area contributed by atoms with Gasteiger partial charge in [-0.1, -0.05) is 17.7 Å². The fourth-order valence-electron chi connectivity index (χ4n) is 1.75. The van der Waals surface area contributed by atoms with Crippen molar-refractivity contribution in [1.29, 1.82) is 0 Å². The molecule has 0 saturated carbocycles. The molecule has 0 aliphatic rings. The van der Waals surface area contributed by atoms with Gasteiger partial charge in [-0.3, -0.25) is 4.79 Å². The summed E-state index contributed by atoms with van der Waals surface area (Å²) in [5.74, 6) is 0.339. The van der Waals surface area contributed by atoms with E-state index >= 15 is 0 Å². The lowest BCUT2D eigenvalue weighted by Crippen LogP contribution is -2.37. The molecule has 1 unspecified atom stereocenters. The summed E-state index contributed by atoms with van der Waals surface area (Å²) < 4.78 is 31.8. The van der Waals surface area contributed by atoms with Gasteiger partial charge in [-0.15, -0.1) is 0 Å². The zero-order valence-corrected chi connectivity index (χ0v) is 14.1. The SMILES string of the molecule is COC(=O)CC(CCSC)NS(=O)(=O)c1ccc(C)cc1. The number of hydrogen-bond donors (Lipinski definition) is 1. The molecule has 0 radical (unpaired) electrons. The molecule has 0 fully saturated rings.